The summed E-state index contributed by atoms with van der Waals surface area (Å²) in [5.74, 6) is -1.10. The van der Waals surface area contributed by atoms with E-state index in [-0.39, 0.29) is 4.83 Å². The molecule has 0 aliphatic heterocycles. The third-order valence-electron chi connectivity index (χ3n) is 3.53. The highest BCUT2D eigenvalue weighted by atomic mass is 79.9. The van der Waals surface area contributed by atoms with E-state index in [1.54, 1.807) is 0 Å². The fourth-order valence-electron chi connectivity index (χ4n) is 2.54. The van der Waals surface area contributed by atoms with Crippen molar-refractivity contribution in [3.8, 4) is 0 Å². The van der Waals surface area contributed by atoms with Gasteiger partial charge in [0, 0.05) is 10.9 Å². The molecule has 106 valence electrons. The van der Waals surface area contributed by atoms with Crippen LogP contribution in [0.1, 0.15) is 16.0 Å². The molecule has 3 aromatic carbocycles. The monoisotopic (exact) mass is 346 g/mol. The Hall–Kier alpha value is -1.74. The lowest BCUT2D eigenvalue weighted by molar-refractivity contribution is 0.579. The molecule has 0 aromatic heterocycles. The highest BCUT2D eigenvalue weighted by Gasteiger charge is 2.12. The van der Waals surface area contributed by atoms with Gasteiger partial charge in [-0.1, -0.05) is 58.4 Å². The van der Waals surface area contributed by atoms with Crippen molar-refractivity contribution in [3.05, 3.63) is 83.4 Å². The Kier molecular flexibility index (Phi) is 4.02. The Balaban J connectivity index is 1.94. The Morgan fingerprint density at radius 3 is 2.29 bits per heavy atom. The summed E-state index contributed by atoms with van der Waals surface area (Å²) < 4.78 is 26.6. The average Bonchev–Trinajstić information content (AvgIpc) is 2.46. The minimum absolute atomic E-state index is 0.131. The van der Waals surface area contributed by atoms with Gasteiger partial charge in [-0.05, 0) is 40.5 Å². The molecular formula is C18H13BrF2. The number of benzene rings is 3. The van der Waals surface area contributed by atoms with Gasteiger partial charge in [0.25, 0.3) is 0 Å². The van der Waals surface area contributed by atoms with Crippen LogP contribution in [0.25, 0.3) is 10.8 Å². The molecule has 0 spiro atoms. The Bertz CT molecular complexity index is 758. The molecule has 0 amide bonds. The van der Waals surface area contributed by atoms with Crippen LogP contribution >= 0.6 is 15.9 Å². The summed E-state index contributed by atoms with van der Waals surface area (Å²) in [5.41, 5.74) is 1.76. The highest BCUT2D eigenvalue weighted by Crippen LogP contribution is 2.31. The van der Waals surface area contributed by atoms with Crippen LogP contribution in [0.15, 0.2) is 60.7 Å². The molecule has 3 rings (SSSR count). The number of hydrogen-bond donors (Lipinski definition) is 0. The molecule has 0 saturated heterocycles. The predicted octanol–water partition coefficient (Wildman–Crippen LogP) is 5.80. The third-order valence-corrected chi connectivity index (χ3v) is 4.38. The first-order chi connectivity index (χ1) is 10.1. The normalized spacial score (nSPS) is 12.5. The third kappa shape index (κ3) is 3.13. The van der Waals surface area contributed by atoms with E-state index in [1.807, 2.05) is 24.3 Å². The van der Waals surface area contributed by atoms with Crippen molar-refractivity contribution in [1.29, 1.82) is 0 Å². The molecule has 0 radical (unpaired) electrons. The average molecular weight is 347 g/mol. The van der Waals surface area contributed by atoms with E-state index < -0.39 is 11.6 Å². The van der Waals surface area contributed by atoms with Crippen molar-refractivity contribution in [2.24, 2.45) is 0 Å². The lowest BCUT2D eigenvalue weighted by Crippen LogP contribution is -1.98. The Labute approximate surface area is 130 Å². The van der Waals surface area contributed by atoms with Gasteiger partial charge < -0.3 is 0 Å². The van der Waals surface area contributed by atoms with Gasteiger partial charge >= 0.3 is 0 Å². The minimum Gasteiger partial charge on any atom is -0.207 e. The topological polar surface area (TPSA) is 0 Å². The first-order valence-corrected chi connectivity index (χ1v) is 7.62. The van der Waals surface area contributed by atoms with Gasteiger partial charge in [-0.25, -0.2) is 8.78 Å². The second-order valence-corrected chi connectivity index (χ2v) is 6.12. The summed E-state index contributed by atoms with van der Waals surface area (Å²) in [7, 11) is 0. The molecule has 0 bridgehead atoms. The van der Waals surface area contributed by atoms with Crippen LogP contribution in [0.3, 0.4) is 0 Å². The van der Waals surface area contributed by atoms with Crippen molar-refractivity contribution in [2.45, 2.75) is 11.2 Å². The molecule has 1 atom stereocenters. The van der Waals surface area contributed by atoms with Crippen molar-refractivity contribution >= 4 is 26.7 Å². The molecule has 0 fully saturated rings. The van der Waals surface area contributed by atoms with Crippen molar-refractivity contribution in [2.75, 3.05) is 0 Å². The van der Waals surface area contributed by atoms with Crippen LogP contribution in [0, 0.1) is 11.6 Å². The summed E-state index contributed by atoms with van der Waals surface area (Å²) in [6.07, 6.45) is 0.671. The van der Waals surface area contributed by atoms with Crippen LogP contribution in [-0.4, -0.2) is 0 Å². The summed E-state index contributed by atoms with van der Waals surface area (Å²) >= 11 is 3.54. The molecular weight excluding hydrogens is 334 g/mol. The first-order valence-electron chi connectivity index (χ1n) is 6.70. The SMILES string of the molecule is Fc1cc(F)cc(C(Br)Cc2cccc3ccccc23)c1. The molecule has 21 heavy (non-hydrogen) atoms. The van der Waals surface area contributed by atoms with Crippen LogP contribution in [0.4, 0.5) is 8.78 Å². The van der Waals surface area contributed by atoms with Gasteiger partial charge in [0.2, 0.25) is 0 Å². The van der Waals surface area contributed by atoms with E-state index in [4.69, 9.17) is 0 Å². The van der Waals surface area contributed by atoms with Gasteiger partial charge in [-0.15, -0.1) is 0 Å². The Morgan fingerprint density at radius 1 is 0.857 bits per heavy atom. The zero-order chi connectivity index (χ0) is 14.8. The molecule has 0 nitrogen and oxygen atoms in total. The van der Waals surface area contributed by atoms with Crippen molar-refractivity contribution in [3.63, 3.8) is 0 Å². The molecule has 0 N–H and O–H groups in total. The summed E-state index contributed by atoms with van der Waals surface area (Å²) in [5, 5.41) is 2.33. The van der Waals surface area contributed by atoms with Crippen molar-refractivity contribution in [1.82, 2.24) is 0 Å². The maximum absolute atomic E-state index is 13.3. The largest absolute Gasteiger partial charge is 0.207 e. The molecule has 0 aliphatic carbocycles. The quantitative estimate of drug-likeness (QED) is 0.526. The van der Waals surface area contributed by atoms with E-state index in [9.17, 15) is 8.78 Å². The zero-order valence-electron chi connectivity index (χ0n) is 11.2. The molecule has 0 aliphatic rings. The lowest BCUT2D eigenvalue weighted by Gasteiger charge is -2.13. The highest BCUT2D eigenvalue weighted by molar-refractivity contribution is 9.09. The maximum Gasteiger partial charge on any atom is 0.126 e. The molecule has 1 unspecified atom stereocenters. The number of halogens is 3. The molecule has 0 saturated carbocycles. The lowest BCUT2D eigenvalue weighted by atomic mass is 9.98. The molecule has 3 heteroatoms. The van der Waals surface area contributed by atoms with Crippen LogP contribution in [-0.2, 0) is 6.42 Å². The summed E-state index contributed by atoms with van der Waals surface area (Å²) in [6.45, 7) is 0. The number of hydrogen-bond acceptors (Lipinski definition) is 0. The number of alkyl halides is 1. The van der Waals surface area contributed by atoms with E-state index >= 15 is 0 Å². The van der Waals surface area contributed by atoms with E-state index in [0.29, 0.717) is 12.0 Å². The second-order valence-electron chi connectivity index (χ2n) is 5.01. The van der Waals surface area contributed by atoms with Crippen LogP contribution in [0.5, 0.6) is 0 Å². The fraction of sp³-hybridized carbons (Fsp3) is 0.111. The first kappa shape index (κ1) is 14.2. The van der Waals surface area contributed by atoms with Gasteiger partial charge in [0.15, 0.2) is 0 Å². The molecule has 3 aromatic rings. The minimum atomic E-state index is -0.549. The Morgan fingerprint density at radius 2 is 1.52 bits per heavy atom. The van der Waals surface area contributed by atoms with Crippen LogP contribution < -0.4 is 0 Å². The summed E-state index contributed by atoms with van der Waals surface area (Å²) in [6, 6.07) is 17.9. The fourth-order valence-corrected chi connectivity index (χ4v) is 3.15. The van der Waals surface area contributed by atoms with Gasteiger partial charge in [-0.3, -0.25) is 0 Å². The maximum atomic E-state index is 13.3. The smallest absolute Gasteiger partial charge is 0.126 e. The second kappa shape index (κ2) is 5.94. The summed E-state index contributed by atoms with van der Waals surface area (Å²) in [4.78, 5) is -0.131. The number of rotatable bonds is 3. The van der Waals surface area contributed by atoms with Gasteiger partial charge in [0.1, 0.15) is 11.6 Å². The number of fused-ring (bicyclic) bond motifs is 1. The standard InChI is InChI=1S/C18H13BrF2/c19-18(14-8-15(20)11-16(21)9-14)10-13-6-3-5-12-4-1-2-7-17(12)13/h1-9,11,18H,10H2. The van der Waals surface area contributed by atoms with E-state index in [1.165, 1.54) is 22.9 Å². The van der Waals surface area contributed by atoms with E-state index in [0.717, 1.165) is 11.6 Å². The van der Waals surface area contributed by atoms with Crippen LogP contribution in [0.2, 0.25) is 0 Å². The van der Waals surface area contributed by atoms with Gasteiger partial charge in [0.05, 0.1) is 0 Å². The van der Waals surface area contributed by atoms with Gasteiger partial charge in [-0.2, -0.15) is 0 Å². The van der Waals surface area contributed by atoms with E-state index in [2.05, 4.69) is 34.1 Å². The predicted molar refractivity (Wildman–Crippen MR) is 85.7 cm³/mol. The molecule has 0 heterocycles. The van der Waals surface area contributed by atoms with Crippen molar-refractivity contribution < 1.29 is 8.78 Å². The zero-order valence-corrected chi connectivity index (χ0v) is 12.8.